The van der Waals surface area contributed by atoms with Gasteiger partial charge in [-0.3, -0.25) is 9.80 Å². The molecule has 2 aliphatic rings. The van der Waals surface area contributed by atoms with Crippen molar-refractivity contribution < 1.29 is 9.15 Å². The van der Waals surface area contributed by atoms with Gasteiger partial charge >= 0.3 is 0 Å². The van der Waals surface area contributed by atoms with Gasteiger partial charge in [-0.25, -0.2) is 0 Å². The van der Waals surface area contributed by atoms with Crippen LogP contribution >= 0.6 is 0 Å². The Morgan fingerprint density at radius 3 is 2.67 bits per heavy atom. The number of nitrogens with zero attached hydrogens (tertiary/aromatic N) is 2. The van der Waals surface area contributed by atoms with Gasteiger partial charge < -0.3 is 9.15 Å². The summed E-state index contributed by atoms with van der Waals surface area (Å²) in [7, 11) is 0. The van der Waals surface area contributed by atoms with E-state index in [2.05, 4.69) is 28.9 Å². The quantitative estimate of drug-likeness (QED) is 0.833. The van der Waals surface area contributed by atoms with E-state index in [4.69, 9.17) is 9.15 Å². The van der Waals surface area contributed by atoms with Gasteiger partial charge in [-0.2, -0.15) is 0 Å². The average Bonchev–Trinajstić information content (AvgIpc) is 2.96. The van der Waals surface area contributed by atoms with E-state index in [1.165, 1.54) is 32.5 Å². The highest BCUT2D eigenvalue weighted by Gasteiger charge is 2.23. The van der Waals surface area contributed by atoms with Gasteiger partial charge in [0, 0.05) is 32.6 Å². The molecule has 0 radical (unpaired) electrons. The molecule has 3 heterocycles. The first-order chi connectivity index (χ1) is 10.3. The molecular weight excluding hydrogens is 264 g/mol. The lowest BCUT2D eigenvalue weighted by atomic mass is 9.97. The molecule has 0 unspecified atom stereocenters. The molecule has 0 N–H and O–H groups in total. The minimum atomic E-state index is 0.803. The van der Waals surface area contributed by atoms with Crippen LogP contribution in [-0.2, 0) is 17.7 Å². The van der Waals surface area contributed by atoms with Gasteiger partial charge in [0.1, 0.15) is 11.5 Å². The van der Waals surface area contributed by atoms with E-state index in [0.717, 1.165) is 56.7 Å². The van der Waals surface area contributed by atoms with Crippen LogP contribution < -0.4 is 0 Å². The van der Waals surface area contributed by atoms with Crippen LogP contribution in [0.4, 0.5) is 0 Å². The summed E-state index contributed by atoms with van der Waals surface area (Å²) in [5, 5.41) is 0. The molecule has 0 bridgehead atoms. The van der Waals surface area contributed by atoms with E-state index < -0.39 is 0 Å². The predicted octanol–water partition coefficient (Wildman–Crippen LogP) is 2.39. The summed E-state index contributed by atoms with van der Waals surface area (Å²) in [6, 6.07) is 4.26. The Kier molecular flexibility index (Phi) is 5.33. The fourth-order valence-corrected chi connectivity index (χ4v) is 3.51. The number of likely N-dealkylation sites (tertiary alicyclic amines) is 1. The van der Waals surface area contributed by atoms with Crippen LogP contribution in [0.3, 0.4) is 0 Å². The van der Waals surface area contributed by atoms with Crippen molar-refractivity contribution in [3.05, 3.63) is 23.7 Å². The molecule has 2 aliphatic heterocycles. The third-order valence-corrected chi connectivity index (χ3v) is 4.67. The third-order valence-electron chi connectivity index (χ3n) is 4.67. The van der Waals surface area contributed by atoms with Crippen molar-refractivity contribution in [3.8, 4) is 0 Å². The largest absolute Gasteiger partial charge is 0.465 e. The summed E-state index contributed by atoms with van der Waals surface area (Å²) in [5.41, 5.74) is 0. The Morgan fingerprint density at radius 1 is 1.10 bits per heavy atom. The maximum atomic E-state index is 5.85. The normalized spacial score (nSPS) is 25.3. The summed E-state index contributed by atoms with van der Waals surface area (Å²) >= 11 is 0. The maximum absolute atomic E-state index is 5.85. The van der Waals surface area contributed by atoms with Crippen LogP contribution in [0.2, 0.25) is 0 Å². The predicted molar refractivity (Wildman–Crippen MR) is 83.3 cm³/mol. The first kappa shape index (κ1) is 15.1. The zero-order valence-electron chi connectivity index (χ0n) is 13.2. The molecule has 1 aromatic rings. The first-order valence-corrected chi connectivity index (χ1v) is 8.43. The number of rotatable bonds is 5. The summed E-state index contributed by atoms with van der Waals surface area (Å²) < 4.78 is 11.3. The lowest BCUT2D eigenvalue weighted by molar-refractivity contribution is 0.0220. The van der Waals surface area contributed by atoms with Crippen LogP contribution in [0.25, 0.3) is 0 Å². The molecule has 0 spiro atoms. The smallest absolute Gasteiger partial charge is 0.118 e. The number of aryl methyl sites for hydroxylation is 1. The van der Waals surface area contributed by atoms with Crippen molar-refractivity contribution in [3.63, 3.8) is 0 Å². The molecule has 1 aromatic heterocycles. The lowest BCUT2D eigenvalue weighted by Crippen LogP contribution is -2.44. The molecule has 3 rings (SSSR count). The number of hydrogen-bond acceptors (Lipinski definition) is 4. The first-order valence-electron chi connectivity index (χ1n) is 8.43. The van der Waals surface area contributed by atoms with Crippen molar-refractivity contribution in [1.29, 1.82) is 0 Å². The minimum Gasteiger partial charge on any atom is -0.465 e. The molecule has 0 saturated carbocycles. The molecule has 118 valence electrons. The minimum absolute atomic E-state index is 0.803. The Hall–Kier alpha value is -0.840. The maximum Gasteiger partial charge on any atom is 0.118 e. The molecule has 21 heavy (non-hydrogen) atoms. The highest BCUT2D eigenvalue weighted by atomic mass is 16.5. The van der Waals surface area contributed by atoms with Crippen LogP contribution in [0.15, 0.2) is 16.5 Å². The van der Waals surface area contributed by atoms with Crippen molar-refractivity contribution >= 4 is 0 Å². The molecule has 1 atom stereocenters. The van der Waals surface area contributed by atoms with Crippen molar-refractivity contribution in [1.82, 2.24) is 9.80 Å². The SMILES string of the molecule is CCc1ccc(CN2CCC[C@H](CN3CCOCC3)C2)o1. The molecule has 0 amide bonds. The zero-order chi connectivity index (χ0) is 14.5. The number of morpholine rings is 1. The summed E-state index contributed by atoms with van der Waals surface area (Å²) in [6.45, 7) is 10.8. The lowest BCUT2D eigenvalue weighted by Gasteiger charge is -2.36. The Bertz CT molecular complexity index is 426. The third kappa shape index (κ3) is 4.31. The van der Waals surface area contributed by atoms with E-state index in [9.17, 15) is 0 Å². The van der Waals surface area contributed by atoms with E-state index in [1.54, 1.807) is 0 Å². The molecule has 2 fully saturated rings. The monoisotopic (exact) mass is 292 g/mol. The van der Waals surface area contributed by atoms with Crippen LogP contribution in [0.1, 0.15) is 31.3 Å². The second-order valence-electron chi connectivity index (χ2n) is 6.38. The molecule has 4 heteroatoms. The van der Waals surface area contributed by atoms with Crippen LogP contribution in [-0.4, -0.2) is 55.7 Å². The van der Waals surface area contributed by atoms with Crippen molar-refractivity contribution in [2.24, 2.45) is 5.92 Å². The van der Waals surface area contributed by atoms with E-state index in [0.29, 0.717) is 0 Å². The summed E-state index contributed by atoms with van der Waals surface area (Å²) in [6.07, 6.45) is 3.67. The molecule has 0 aliphatic carbocycles. The summed E-state index contributed by atoms with van der Waals surface area (Å²) in [4.78, 5) is 5.13. The molecule has 4 nitrogen and oxygen atoms in total. The number of hydrogen-bond donors (Lipinski definition) is 0. The van der Waals surface area contributed by atoms with E-state index in [-0.39, 0.29) is 0 Å². The van der Waals surface area contributed by atoms with Crippen LogP contribution in [0, 0.1) is 5.92 Å². The van der Waals surface area contributed by atoms with Gasteiger partial charge in [0.15, 0.2) is 0 Å². The second kappa shape index (κ2) is 7.43. The van der Waals surface area contributed by atoms with Gasteiger partial charge in [-0.05, 0) is 37.4 Å². The topological polar surface area (TPSA) is 28.9 Å². The fraction of sp³-hybridized carbons (Fsp3) is 0.765. The average molecular weight is 292 g/mol. The second-order valence-corrected chi connectivity index (χ2v) is 6.38. The van der Waals surface area contributed by atoms with Gasteiger partial charge in [0.05, 0.1) is 19.8 Å². The van der Waals surface area contributed by atoms with Gasteiger partial charge in [-0.1, -0.05) is 6.92 Å². The molecule has 2 saturated heterocycles. The van der Waals surface area contributed by atoms with Crippen LogP contribution in [0.5, 0.6) is 0 Å². The Balaban J connectivity index is 1.48. The number of piperidine rings is 1. The van der Waals surface area contributed by atoms with Gasteiger partial charge in [-0.15, -0.1) is 0 Å². The van der Waals surface area contributed by atoms with E-state index >= 15 is 0 Å². The fourth-order valence-electron chi connectivity index (χ4n) is 3.51. The Labute approximate surface area is 128 Å². The van der Waals surface area contributed by atoms with Gasteiger partial charge in [0.2, 0.25) is 0 Å². The van der Waals surface area contributed by atoms with Gasteiger partial charge in [0.25, 0.3) is 0 Å². The van der Waals surface area contributed by atoms with Crippen molar-refractivity contribution in [2.45, 2.75) is 32.7 Å². The molecular formula is C17H28N2O2. The highest BCUT2D eigenvalue weighted by molar-refractivity contribution is 5.07. The van der Waals surface area contributed by atoms with Crippen molar-refractivity contribution in [2.75, 3.05) is 45.9 Å². The molecule has 0 aromatic carbocycles. The number of furan rings is 1. The Morgan fingerprint density at radius 2 is 1.90 bits per heavy atom. The highest BCUT2D eigenvalue weighted by Crippen LogP contribution is 2.21. The standard InChI is InChI=1S/C17H28N2O2/c1-2-16-5-6-17(21-16)14-19-7-3-4-15(13-19)12-18-8-10-20-11-9-18/h5-6,15H,2-4,7-14H2,1H3/t15-/m1/s1. The summed E-state index contributed by atoms with van der Waals surface area (Å²) in [5.74, 6) is 3.03. The van der Waals surface area contributed by atoms with E-state index in [1.807, 2.05) is 0 Å². The zero-order valence-corrected chi connectivity index (χ0v) is 13.2. The number of ether oxygens (including phenoxy) is 1.